The minimum Gasteiger partial charge on any atom is -0.388 e. The van der Waals surface area contributed by atoms with Crippen molar-refractivity contribution in [2.45, 2.75) is 20.3 Å². The molecule has 0 atom stereocenters. The van der Waals surface area contributed by atoms with Gasteiger partial charge in [0, 0.05) is 12.7 Å². The first-order valence-corrected chi connectivity index (χ1v) is 3.97. The smallest absolute Gasteiger partial charge is 0.0329 e. The van der Waals surface area contributed by atoms with Gasteiger partial charge in [-0.05, 0) is 25.8 Å². The quantitative estimate of drug-likeness (QED) is 0.603. The van der Waals surface area contributed by atoms with Crippen LogP contribution in [-0.4, -0.2) is 7.05 Å². The van der Waals surface area contributed by atoms with Gasteiger partial charge in [-0.3, -0.25) is 0 Å². The second kappa shape index (κ2) is 3.42. The summed E-state index contributed by atoms with van der Waals surface area (Å²) < 4.78 is 0. The Labute approximate surface area is 68.5 Å². The van der Waals surface area contributed by atoms with Gasteiger partial charge in [-0.25, -0.2) is 0 Å². The maximum absolute atomic E-state index is 3.17. The van der Waals surface area contributed by atoms with E-state index in [2.05, 4.69) is 37.4 Å². The van der Waals surface area contributed by atoms with Crippen molar-refractivity contribution in [1.29, 1.82) is 0 Å². The molecule has 11 heavy (non-hydrogen) atoms. The van der Waals surface area contributed by atoms with Gasteiger partial charge < -0.3 is 5.32 Å². The van der Waals surface area contributed by atoms with E-state index in [0.29, 0.717) is 0 Å². The van der Waals surface area contributed by atoms with Gasteiger partial charge in [-0.1, -0.05) is 23.8 Å². The van der Waals surface area contributed by atoms with Gasteiger partial charge in [0.05, 0.1) is 0 Å². The molecule has 1 rings (SSSR count). The third-order valence-electron chi connectivity index (χ3n) is 1.90. The first-order chi connectivity index (χ1) is 5.24. The van der Waals surface area contributed by atoms with Gasteiger partial charge >= 0.3 is 0 Å². The molecule has 60 valence electrons. The molecular formula is C10H15N. The van der Waals surface area contributed by atoms with Gasteiger partial charge in [-0.2, -0.15) is 0 Å². The van der Waals surface area contributed by atoms with Crippen LogP contribution in [0.1, 0.15) is 20.3 Å². The van der Waals surface area contributed by atoms with Crippen LogP contribution < -0.4 is 5.32 Å². The molecule has 0 aromatic carbocycles. The van der Waals surface area contributed by atoms with Crippen molar-refractivity contribution in [2.24, 2.45) is 0 Å². The standard InChI is InChI=1S/C10H15N/c1-8-5-4-6-10(11-3)9(2)7-8/h5-7,11H,4H2,1-3H3. The zero-order valence-corrected chi connectivity index (χ0v) is 7.44. The Morgan fingerprint density at radius 1 is 1.27 bits per heavy atom. The minimum atomic E-state index is 1.04. The Balaban J connectivity index is 2.88. The van der Waals surface area contributed by atoms with E-state index < -0.39 is 0 Å². The third kappa shape index (κ3) is 1.97. The Hall–Kier alpha value is -0.980. The summed E-state index contributed by atoms with van der Waals surface area (Å²) in [6.07, 6.45) is 7.68. The fourth-order valence-corrected chi connectivity index (χ4v) is 1.30. The van der Waals surface area contributed by atoms with Crippen molar-refractivity contribution in [1.82, 2.24) is 5.32 Å². The van der Waals surface area contributed by atoms with Crippen LogP contribution in [0, 0.1) is 0 Å². The van der Waals surface area contributed by atoms with E-state index in [9.17, 15) is 0 Å². The van der Waals surface area contributed by atoms with Crippen LogP contribution in [0.5, 0.6) is 0 Å². The fourth-order valence-electron chi connectivity index (χ4n) is 1.30. The van der Waals surface area contributed by atoms with E-state index in [1.165, 1.54) is 16.8 Å². The van der Waals surface area contributed by atoms with E-state index in [-0.39, 0.29) is 0 Å². The van der Waals surface area contributed by atoms with Crippen LogP contribution in [-0.2, 0) is 0 Å². The first kappa shape index (κ1) is 8.12. The molecule has 1 nitrogen and oxygen atoms in total. The molecule has 0 aromatic heterocycles. The van der Waals surface area contributed by atoms with Crippen molar-refractivity contribution in [2.75, 3.05) is 7.05 Å². The Morgan fingerprint density at radius 3 is 2.64 bits per heavy atom. The molecule has 0 spiro atoms. The van der Waals surface area contributed by atoms with Gasteiger partial charge in [0.1, 0.15) is 0 Å². The number of hydrogen-bond donors (Lipinski definition) is 1. The van der Waals surface area contributed by atoms with Crippen LogP contribution in [0.2, 0.25) is 0 Å². The molecular weight excluding hydrogens is 134 g/mol. The van der Waals surface area contributed by atoms with E-state index >= 15 is 0 Å². The molecule has 0 unspecified atom stereocenters. The van der Waals surface area contributed by atoms with Gasteiger partial charge in [0.15, 0.2) is 0 Å². The van der Waals surface area contributed by atoms with Crippen LogP contribution in [0.25, 0.3) is 0 Å². The summed E-state index contributed by atoms with van der Waals surface area (Å²) in [5.74, 6) is 0. The van der Waals surface area contributed by atoms with Crippen molar-refractivity contribution < 1.29 is 0 Å². The van der Waals surface area contributed by atoms with Crippen molar-refractivity contribution in [3.63, 3.8) is 0 Å². The van der Waals surface area contributed by atoms with Crippen LogP contribution in [0.3, 0.4) is 0 Å². The lowest BCUT2D eigenvalue weighted by molar-refractivity contribution is 0.988. The van der Waals surface area contributed by atoms with Crippen LogP contribution in [0.15, 0.2) is 35.1 Å². The molecule has 1 aliphatic carbocycles. The van der Waals surface area contributed by atoms with Crippen LogP contribution in [0.4, 0.5) is 0 Å². The van der Waals surface area contributed by atoms with E-state index in [0.717, 1.165) is 6.42 Å². The largest absolute Gasteiger partial charge is 0.388 e. The van der Waals surface area contributed by atoms with Crippen molar-refractivity contribution >= 4 is 0 Å². The average molecular weight is 149 g/mol. The molecule has 1 aliphatic rings. The maximum Gasteiger partial charge on any atom is 0.0329 e. The molecule has 0 heterocycles. The normalized spacial score (nSPS) is 17.9. The predicted molar refractivity (Wildman–Crippen MR) is 49.3 cm³/mol. The molecule has 1 heteroatoms. The Kier molecular flexibility index (Phi) is 2.53. The summed E-state index contributed by atoms with van der Waals surface area (Å²) in [7, 11) is 1.96. The SMILES string of the molecule is CNC1=CCC=C(C)C=C1C. The monoisotopic (exact) mass is 149 g/mol. The van der Waals surface area contributed by atoms with E-state index in [4.69, 9.17) is 0 Å². The second-order valence-corrected chi connectivity index (χ2v) is 2.88. The summed E-state index contributed by atoms with van der Waals surface area (Å²) >= 11 is 0. The molecule has 0 bridgehead atoms. The molecule has 0 aromatic rings. The zero-order valence-electron chi connectivity index (χ0n) is 7.44. The number of nitrogens with one attached hydrogen (secondary N) is 1. The third-order valence-corrected chi connectivity index (χ3v) is 1.90. The highest BCUT2D eigenvalue weighted by Crippen LogP contribution is 2.14. The first-order valence-electron chi connectivity index (χ1n) is 3.97. The molecule has 0 aliphatic heterocycles. The minimum absolute atomic E-state index is 1.04. The van der Waals surface area contributed by atoms with Crippen molar-refractivity contribution in [3.8, 4) is 0 Å². The Morgan fingerprint density at radius 2 is 2.00 bits per heavy atom. The lowest BCUT2D eigenvalue weighted by Gasteiger charge is -2.04. The van der Waals surface area contributed by atoms with Crippen molar-refractivity contribution in [3.05, 3.63) is 35.1 Å². The molecule has 0 amide bonds. The summed E-state index contributed by atoms with van der Waals surface area (Å²) in [4.78, 5) is 0. The highest BCUT2D eigenvalue weighted by atomic mass is 14.8. The lowest BCUT2D eigenvalue weighted by Crippen LogP contribution is -2.06. The molecule has 0 saturated carbocycles. The van der Waals surface area contributed by atoms with Gasteiger partial charge in [-0.15, -0.1) is 0 Å². The number of likely N-dealkylation sites (N-methyl/N-ethyl adjacent to an activating group) is 1. The summed E-state index contributed by atoms with van der Waals surface area (Å²) in [6, 6.07) is 0. The summed E-state index contributed by atoms with van der Waals surface area (Å²) in [5.41, 5.74) is 3.92. The number of allylic oxidation sites excluding steroid dienone is 5. The highest BCUT2D eigenvalue weighted by molar-refractivity contribution is 5.37. The molecule has 0 radical (unpaired) electrons. The predicted octanol–water partition coefficient (Wildman–Crippen LogP) is 2.39. The number of hydrogen-bond acceptors (Lipinski definition) is 1. The zero-order chi connectivity index (χ0) is 8.27. The van der Waals surface area contributed by atoms with E-state index in [1.807, 2.05) is 7.05 Å². The maximum atomic E-state index is 3.17. The lowest BCUT2D eigenvalue weighted by atomic mass is 10.2. The second-order valence-electron chi connectivity index (χ2n) is 2.88. The summed E-state index contributed by atoms with van der Waals surface area (Å²) in [6.45, 7) is 4.26. The molecule has 1 N–H and O–H groups in total. The fraction of sp³-hybridized carbons (Fsp3) is 0.400. The van der Waals surface area contributed by atoms with Gasteiger partial charge in [0.2, 0.25) is 0 Å². The summed E-state index contributed by atoms with van der Waals surface area (Å²) in [5, 5.41) is 3.17. The molecule has 0 fully saturated rings. The van der Waals surface area contributed by atoms with Crippen LogP contribution >= 0.6 is 0 Å². The average Bonchev–Trinajstić information content (AvgIpc) is 2.11. The highest BCUT2D eigenvalue weighted by Gasteiger charge is 1.99. The molecule has 0 saturated heterocycles. The van der Waals surface area contributed by atoms with Gasteiger partial charge in [0.25, 0.3) is 0 Å². The Bertz CT molecular complexity index is 231. The number of rotatable bonds is 1. The van der Waals surface area contributed by atoms with E-state index in [1.54, 1.807) is 0 Å². The topological polar surface area (TPSA) is 12.0 Å².